The average molecular weight is 279 g/mol. The van der Waals surface area contributed by atoms with E-state index in [1.165, 1.54) is 0 Å². The number of hydrogen-bond acceptors (Lipinski definition) is 3. The van der Waals surface area contributed by atoms with Crippen LogP contribution in [0.5, 0.6) is 0 Å². The van der Waals surface area contributed by atoms with Gasteiger partial charge in [0.15, 0.2) is 0 Å². The fourth-order valence-electron chi connectivity index (χ4n) is 3.05. The lowest BCUT2D eigenvalue weighted by atomic mass is 9.92. The van der Waals surface area contributed by atoms with Gasteiger partial charge in [-0.3, -0.25) is 9.59 Å². The highest BCUT2D eigenvalue weighted by Crippen LogP contribution is 2.34. The fraction of sp³-hybridized carbons (Fsp3) is 0.571. The molecule has 2 amide bonds. The quantitative estimate of drug-likeness (QED) is 0.853. The van der Waals surface area contributed by atoms with Crippen molar-refractivity contribution in [1.82, 2.24) is 9.47 Å². The molecule has 1 saturated heterocycles. The van der Waals surface area contributed by atoms with Gasteiger partial charge in [0, 0.05) is 26.9 Å². The van der Waals surface area contributed by atoms with Crippen molar-refractivity contribution >= 4 is 11.8 Å². The molecule has 2 rings (SSSR count). The maximum absolute atomic E-state index is 12.7. The zero-order valence-electron chi connectivity index (χ0n) is 12.0. The maximum atomic E-state index is 12.7. The summed E-state index contributed by atoms with van der Waals surface area (Å²) >= 11 is 0. The summed E-state index contributed by atoms with van der Waals surface area (Å²) in [6, 6.07) is 3.61. The molecule has 1 atom stereocenters. The van der Waals surface area contributed by atoms with Crippen LogP contribution >= 0.6 is 0 Å². The number of hydrogen-bond donors (Lipinski definition) is 1. The van der Waals surface area contributed by atoms with Gasteiger partial charge in [0.1, 0.15) is 5.69 Å². The minimum atomic E-state index is -0.609. The van der Waals surface area contributed by atoms with Crippen LogP contribution < -0.4 is 5.73 Å². The van der Waals surface area contributed by atoms with Gasteiger partial charge in [-0.15, -0.1) is 0 Å². The molecule has 0 aliphatic carbocycles. The van der Waals surface area contributed by atoms with E-state index in [2.05, 4.69) is 0 Å². The van der Waals surface area contributed by atoms with Crippen molar-refractivity contribution < 1.29 is 14.3 Å². The Bertz CT molecular complexity index is 512. The smallest absolute Gasteiger partial charge is 0.271 e. The molecule has 2 N–H and O–H groups in total. The first-order valence-electron chi connectivity index (χ1n) is 6.71. The van der Waals surface area contributed by atoms with Crippen LogP contribution in [-0.4, -0.2) is 47.1 Å². The number of likely N-dealkylation sites (tertiary alicyclic amines) is 1. The van der Waals surface area contributed by atoms with Crippen LogP contribution in [0.4, 0.5) is 0 Å². The van der Waals surface area contributed by atoms with E-state index < -0.39 is 11.4 Å². The van der Waals surface area contributed by atoms with E-state index in [9.17, 15) is 9.59 Å². The van der Waals surface area contributed by atoms with E-state index in [1.54, 1.807) is 22.6 Å². The second-order valence-electron chi connectivity index (χ2n) is 5.37. The Balaban J connectivity index is 2.30. The molecule has 1 fully saturated rings. The second-order valence-corrected chi connectivity index (χ2v) is 5.37. The standard InChI is InChI=1S/C14H21N3O3/c1-16-7-3-5-11(16)13(19)17-8-4-6-14(17,10-20-2)9-12(15)18/h3,5,7H,4,6,8-10H2,1-2H3,(H2,15,18). The Labute approximate surface area is 118 Å². The maximum Gasteiger partial charge on any atom is 0.271 e. The largest absolute Gasteiger partial charge is 0.382 e. The number of primary amides is 1. The summed E-state index contributed by atoms with van der Waals surface area (Å²) in [5.74, 6) is -0.484. The Morgan fingerprint density at radius 1 is 1.50 bits per heavy atom. The minimum Gasteiger partial charge on any atom is -0.382 e. The Kier molecular flexibility index (Phi) is 4.13. The summed E-state index contributed by atoms with van der Waals surface area (Å²) in [5.41, 5.74) is 5.36. The number of amides is 2. The lowest BCUT2D eigenvalue weighted by Gasteiger charge is -2.37. The SMILES string of the molecule is COCC1(CC(N)=O)CCCN1C(=O)c1cccn1C. The summed E-state index contributed by atoms with van der Waals surface area (Å²) in [4.78, 5) is 25.8. The van der Waals surface area contributed by atoms with Crippen molar-refractivity contribution in [3.05, 3.63) is 24.0 Å². The molecule has 0 radical (unpaired) electrons. The van der Waals surface area contributed by atoms with Crippen molar-refractivity contribution in [3.63, 3.8) is 0 Å². The van der Waals surface area contributed by atoms with Gasteiger partial charge in [-0.05, 0) is 25.0 Å². The third-order valence-electron chi connectivity index (χ3n) is 3.92. The van der Waals surface area contributed by atoms with Crippen molar-refractivity contribution in [2.45, 2.75) is 24.8 Å². The first-order chi connectivity index (χ1) is 9.50. The third kappa shape index (κ3) is 2.56. The molecule has 0 aromatic carbocycles. The summed E-state index contributed by atoms with van der Waals surface area (Å²) in [6.45, 7) is 0.951. The normalized spacial score (nSPS) is 22.2. The molecular formula is C14H21N3O3. The van der Waals surface area contributed by atoms with Gasteiger partial charge < -0.3 is 19.9 Å². The number of rotatable bonds is 5. The van der Waals surface area contributed by atoms with E-state index in [-0.39, 0.29) is 12.3 Å². The van der Waals surface area contributed by atoms with E-state index in [4.69, 9.17) is 10.5 Å². The van der Waals surface area contributed by atoms with Crippen LogP contribution in [0.15, 0.2) is 18.3 Å². The summed E-state index contributed by atoms with van der Waals surface area (Å²) in [6.07, 6.45) is 3.55. The number of carbonyl (C=O) groups is 2. The molecule has 1 aliphatic heterocycles. The minimum absolute atomic E-state index is 0.0756. The zero-order valence-corrected chi connectivity index (χ0v) is 12.0. The predicted molar refractivity (Wildman–Crippen MR) is 74.1 cm³/mol. The Morgan fingerprint density at radius 2 is 2.25 bits per heavy atom. The molecule has 1 unspecified atom stereocenters. The Hall–Kier alpha value is -1.82. The van der Waals surface area contributed by atoms with Gasteiger partial charge in [0.05, 0.1) is 18.6 Å². The van der Waals surface area contributed by atoms with Crippen molar-refractivity contribution in [2.75, 3.05) is 20.3 Å². The van der Waals surface area contributed by atoms with Gasteiger partial charge in [-0.25, -0.2) is 0 Å². The molecule has 6 heteroatoms. The summed E-state index contributed by atoms with van der Waals surface area (Å²) in [5, 5.41) is 0. The molecule has 2 heterocycles. The average Bonchev–Trinajstić information content (AvgIpc) is 2.95. The molecule has 6 nitrogen and oxygen atoms in total. The van der Waals surface area contributed by atoms with Gasteiger partial charge in [0.25, 0.3) is 5.91 Å². The highest BCUT2D eigenvalue weighted by molar-refractivity contribution is 5.94. The van der Waals surface area contributed by atoms with Crippen LogP contribution in [0.3, 0.4) is 0 Å². The van der Waals surface area contributed by atoms with Crippen molar-refractivity contribution in [1.29, 1.82) is 0 Å². The Morgan fingerprint density at radius 3 is 2.80 bits per heavy atom. The van der Waals surface area contributed by atoms with Gasteiger partial charge in [0.2, 0.25) is 5.91 Å². The highest BCUT2D eigenvalue weighted by atomic mass is 16.5. The van der Waals surface area contributed by atoms with Gasteiger partial charge in [-0.2, -0.15) is 0 Å². The van der Waals surface area contributed by atoms with E-state index in [0.717, 1.165) is 12.8 Å². The molecule has 0 saturated carbocycles. The van der Waals surface area contributed by atoms with Crippen LogP contribution in [0, 0.1) is 0 Å². The number of carbonyl (C=O) groups excluding carboxylic acids is 2. The van der Waals surface area contributed by atoms with Crippen molar-refractivity contribution in [3.8, 4) is 0 Å². The lowest BCUT2D eigenvalue weighted by Crippen LogP contribution is -2.52. The zero-order chi connectivity index (χ0) is 14.8. The number of aromatic nitrogens is 1. The molecular weight excluding hydrogens is 258 g/mol. The van der Waals surface area contributed by atoms with E-state index in [1.807, 2.05) is 19.3 Å². The van der Waals surface area contributed by atoms with Crippen LogP contribution in [0.1, 0.15) is 29.8 Å². The number of aryl methyl sites for hydroxylation is 1. The van der Waals surface area contributed by atoms with Crippen LogP contribution in [0.25, 0.3) is 0 Å². The van der Waals surface area contributed by atoms with Gasteiger partial charge >= 0.3 is 0 Å². The predicted octanol–water partition coefficient (Wildman–Crippen LogP) is 0.522. The molecule has 0 bridgehead atoms. The number of ether oxygens (including phenoxy) is 1. The number of nitrogens with zero attached hydrogens (tertiary/aromatic N) is 2. The van der Waals surface area contributed by atoms with Crippen LogP contribution in [-0.2, 0) is 16.6 Å². The molecule has 1 aromatic rings. The molecule has 1 aromatic heterocycles. The third-order valence-corrected chi connectivity index (χ3v) is 3.92. The van der Waals surface area contributed by atoms with Crippen LogP contribution in [0.2, 0.25) is 0 Å². The number of nitrogens with two attached hydrogens (primary N) is 1. The lowest BCUT2D eigenvalue weighted by molar-refractivity contribution is -0.121. The molecule has 20 heavy (non-hydrogen) atoms. The molecule has 0 spiro atoms. The molecule has 110 valence electrons. The monoisotopic (exact) mass is 279 g/mol. The van der Waals surface area contributed by atoms with Crippen molar-refractivity contribution in [2.24, 2.45) is 12.8 Å². The van der Waals surface area contributed by atoms with E-state index in [0.29, 0.717) is 18.8 Å². The van der Waals surface area contributed by atoms with E-state index >= 15 is 0 Å². The molecule has 1 aliphatic rings. The number of methoxy groups -OCH3 is 1. The van der Waals surface area contributed by atoms with Gasteiger partial charge in [-0.1, -0.05) is 0 Å². The fourth-order valence-corrected chi connectivity index (χ4v) is 3.05. The topological polar surface area (TPSA) is 77.6 Å². The second kappa shape index (κ2) is 5.66. The first-order valence-corrected chi connectivity index (χ1v) is 6.71. The summed E-state index contributed by atoms with van der Waals surface area (Å²) < 4.78 is 7.03. The summed E-state index contributed by atoms with van der Waals surface area (Å²) in [7, 11) is 3.40. The first kappa shape index (κ1) is 14.6. The highest BCUT2D eigenvalue weighted by Gasteiger charge is 2.45.